The van der Waals surface area contributed by atoms with E-state index in [0.29, 0.717) is 0 Å². The third-order valence-electron chi connectivity index (χ3n) is 10.1. The zero-order valence-electron chi connectivity index (χ0n) is 33.2. The number of hydrogen-bond donors (Lipinski definition) is 0. The molecule has 0 heterocycles. The lowest BCUT2D eigenvalue weighted by Gasteiger charge is -2.42. The van der Waals surface area contributed by atoms with Gasteiger partial charge in [-0.15, -0.1) is 0 Å². The van der Waals surface area contributed by atoms with Gasteiger partial charge in [-0.2, -0.15) is 0 Å². The van der Waals surface area contributed by atoms with E-state index in [2.05, 4.69) is 215 Å². The van der Waals surface area contributed by atoms with Gasteiger partial charge in [-0.3, -0.25) is 0 Å². The van der Waals surface area contributed by atoms with Crippen LogP contribution in [-0.2, 0) is 8.23 Å². The van der Waals surface area contributed by atoms with E-state index >= 15 is 0 Å². The molecule has 6 rings (SSSR count). The molecular weight excluding hydrogens is 774 g/mol. The number of rotatable bonds is 19. The van der Waals surface area contributed by atoms with E-state index in [0.717, 1.165) is 36.6 Å². The van der Waals surface area contributed by atoms with E-state index < -0.39 is 49.0 Å². The Labute approximate surface area is 338 Å². The van der Waals surface area contributed by atoms with Crippen molar-refractivity contribution in [1.82, 2.24) is 0 Å². The topological polar surface area (TPSA) is 18.5 Å². The summed E-state index contributed by atoms with van der Waals surface area (Å²) in [7, 11) is -8.48. The Morgan fingerprint density at radius 3 is 0.727 bits per heavy atom. The Kier molecular flexibility index (Phi) is 15.2. The van der Waals surface area contributed by atoms with Gasteiger partial charge >= 0.3 is 8.56 Å². The highest BCUT2D eigenvalue weighted by Gasteiger charge is 2.44. The van der Waals surface area contributed by atoms with Crippen molar-refractivity contribution in [3.8, 4) is 0 Å². The molecule has 0 fully saturated rings. The normalized spacial score (nSPS) is 12.4. The Morgan fingerprint density at radius 2 is 0.509 bits per heavy atom. The van der Waals surface area contributed by atoms with E-state index in [1.54, 1.807) is 0 Å². The smallest absolute Gasteiger partial charge is 0.314 e. The van der Waals surface area contributed by atoms with Crippen molar-refractivity contribution >= 4 is 80.8 Å². The Hall–Kier alpha value is -2.82. The fourth-order valence-corrected chi connectivity index (χ4v) is 33.1. The van der Waals surface area contributed by atoms with Crippen LogP contribution in [0.4, 0.5) is 0 Å². The van der Waals surface area contributed by atoms with Crippen molar-refractivity contribution < 1.29 is 8.23 Å². The molecular formula is C47H57O2P3Si3. The van der Waals surface area contributed by atoms with Crippen molar-refractivity contribution in [2.24, 2.45) is 0 Å². The van der Waals surface area contributed by atoms with Gasteiger partial charge in [0, 0.05) is 0 Å². The van der Waals surface area contributed by atoms with Gasteiger partial charge in [-0.1, -0.05) is 182 Å². The summed E-state index contributed by atoms with van der Waals surface area (Å²) in [6.45, 7) is 12.3. The quantitative estimate of drug-likeness (QED) is 0.0598. The van der Waals surface area contributed by atoms with Crippen LogP contribution in [0.15, 0.2) is 182 Å². The minimum absolute atomic E-state index is 0.477. The first-order chi connectivity index (χ1) is 26.6. The van der Waals surface area contributed by atoms with Gasteiger partial charge < -0.3 is 8.23 Å². The minimum Gasteiger partial charge on any atom is -0.436 e. The van der Waals surface area contributed by atoms with Crippen LogP contribution < -0.4 is 31.8 Å². The van der Waals surface area contributed by atoms with Gasteiger partial charge in [0.05, 0.1) is 0 Å². The molecule has 0 aliphatic carbocycles. The first kappa shape index (κ1) is 41.8. The molecule has 284 valence electrons. The average molecular weight is 831 g/mol. The highest BCUT2D eigenvalue weighted by molar-refractivity contribution is 7.73. The van der Waals surface area contributed by atoms with Crippen molar-refractivity contribution in [2.75, 3.05) is 18.5 Å². The predicted octanol–water partition coefficient (Wildman–Crippen LogP) is 10.9. The lowest BCUT2D eigenvalue weighted by Crippen LogP contribution is -2.55. The third-order valence-corrected chi connectivity index (χ3v) is 30.8. The standard InChI is InChI=1S/C47H57O2P3Si3/c1-53(2,39-36-50(42-24-12-6-13-25-42)43-26-14-7-15-27-43)48-55(5,41-38-52(46-32-20-10-21-33-46)47-34-22-11-23-35-47)49-54(3,4)40-37-51(44-28-16-8-17-29-44)45-30-18-9-19-31-45/h6-35H,36-41H2,1-5H3. The molecule has 6 aromatic rings. The molecule has 8 heteroatoms. The monoisotopic (exact) mass is 830 g/mol. The van der Waals surface area contributed by atoms with Crippen LogP contribution in [0.25, 0.3) is 0 Å². The lowest BCUT2D eigenvalue weighted by atomic mass is 10.4. The molecule has 6 aromatic carbocycles. The number of benzene rings is 6. The zero-order chi connectivity index (χ0) is 38.6. The molecule has 0 spiro atoms. The molecule has 0 saturated carbocycles. The second kappa shape index (κ2) is 20.0. The summed E-state index contributed by atoms with van der Waals surface area (Å²) < 4.78 is 15.4. The van der Waals surface area contributed by atoms with Crippen LogP contribution in [0, 0.1) is 0 Å². The van der Waals surface area contributed by atoms with Crippen LogP contribution >= 0.6 is 23.8 Å². The van der Waals surface area contributed by atoms with Crippen LogP contribution in [0.1, 0.15) is 0 Å². The van der Waals surface area contributed by atoms with Crippen LogP contribution in [0.5, 0.6) is 0 Å². The van der Waals surface area contributed by atoms with E-state index in [-0.39, 0.29) is 0 Å². The van der Waals surface area contributed by atoms with Crippen LogP contribution in [0.3, 0.4) is 0 Å². The van der Waals surface area contributed by atoms with Gasteiger partial charge in [0.15, 0.2) is 16.6 Å². The van der Waals surface area contributed by atoms with Crippen molar-refractivity contribution in [2.45, 2.75) is 50.9 Å². The maximum Gasteiger partial charge on any atom is 0.314 e. The molecule has 0 saturated heterocycles. The summed E-state index contributed by atoms with van der Waals surface area (Å²) in [4.78, 5) is 0. The highest BCUT2D eigenvalue weighted by Crippen LogP contribution is 2.42. The first-order valence-electron chi connectivity index (χ1n) is 19.6. The fourth-order valence-electron chi connectivity index (χ4n) is 7.34. The zero-order valence-corrected chi connectivity index (χ0v) is 38.9. The second-order valence-corrected chi connectivity index (χ2v) is 35.0. The molecule has 0 N–H and O–H groups in total. The summed E-state index contributed by atoms with van der Waals surface area (Å²) in [5, 5.41) is 8.65. The number of hydrogen-bond acceptors (Lipinski definition) is 2. The molecule has 0 aliphatic heterocycles. The SMILES string of the molecule is C[Si](C)(CCP(c1ccccc1)c1ccccc1)O[Si](C)(CCP(c1ccccc1)c1ccccc1)O[Si](C)(C)CCP(c1ccccc1)c1ccccc1. The Bertz CT molecular complexity index is 1770. The predicted molar refractivity (Wildman–Crippen MR) is 255 cm³/mol. The molecule has 55 heavy (non-hydrogen) atoms. The molecule has 0 unspecified atom stereocenters. The molecule has 0 aliphatic rings. The Balaban J connectivity index is 1.26. The van der Waals surface area contributed by atoms with Crippen LogP contribution in [-0.4, -0.2) is 43.7 Å². The maximum absolute atomic E-state index is 7.70. The van der Waals surface area contributed by atoms with Crippen molar-refractivity contribution in [3.63, 3.8) is 0 Å². The van der Waals surface area contributed by atoms with Crippen molar-refractivity contribution in [1.29, 1.82) is 0 Å². The molecule has 0 bridgehead atoms. The van der Waals surface area contributed by atoms with Gasteiger partial charge in [0.25, 0.3) is 0 Å². The lowest BCUT2D eigenvalue weighted by molar-refractivity contribution is 0.381. The van der Waals surface area contributed by atoms with Gasteiger partial charge in [-0.25, -0.2) is 0 Å². The van der Waals surface area contributed by atoms with E-state index in [1.807, 2.05) is 0 Å². The largest absolute Gasteiger partial charge is 0.436 e. The summed E-state index contributed by atoms with van der Waals surface area (Å²) in [5.74, 6) is 0. The molecule has 2 nitrogen and oxygen atoms in total. The molecule has 0 atom stereocenters. The summed E-state index contributed by atoms with van der Waals surface area (Å²) in [5.41, 5.74) is 0. The summed E-state index contributed by atoms with van der Waals surface area (Å²) in [6, 6.07) is 70.1. The summed E-state index contributed by atoms with van der Waals surface area (Å²) in [6.07, 6.45) is 3.34. The summed E-state index contributed by atoms with van der Waals surface area (Å²) >= 11 is 0. The van der Waals surface area contributed by atoms with Gasteiger partial charge in [0.1, 0.15) is 0 Å². The second-order valence-electron chi connectivity index (χ2n) is 15.6. The molecule has 0 aromatic heterocycles. The Morgan fingerprint density at radius 1 is 0.309 bits per heavy atom. The molecule has 0 radical (unpaired) electrons. The van der Waals surface area contributed by atoms with E-state index in [4.69, 9.17) is 8.23 Å². The average Bonchev–Trinajstić information content (AvgIpc) is 3.20. The first-order valence-corrected chi connectivity index (χ1v) is 33.0. The van der Waals surface area contributed by atoms with Crippen LogP contribution in [0.2, 0.25) is 50.9 Å². The molecule has 0 amide bonds. The van der Waals surface area contributed by atoms with Gasteiger partial charge in [-0.05, 0) is 125 Å². The van der Waals surface area contributed by atoms with E-state index in [1.165, 1.54) is 31.8 Å². The maximum atomic E-state index is 7.70. The highest BCUT2D eigenvalue weighted by atomic mass is 31.1. The van der Waals surface area contributed by atoms with E-state index in [9.17, 15) is 0 Å². The third kappa shape index (κ3) is 12.6. The minimum atomic E-state index is -2.66. The fraction of sp³-hybridized carbons (Fsp3) is 0.234. The van der Waals surface area contributed by atoms with Gasteiger partial charge in [0.2, 0.25) is 0 Å². The van der Waals surface area contributed by atoms with Crippen molar-refractivity contribution in [3.05, 3.63) is 182 Å².